The summed E-state index contributed by atoms with van der Waals surface area (Å²) < 4.78 is 11.0. The van der Waals surface area contributed by atoms with Crippen LogP contribution in [0.25, 0.3) is 0 Å². The molecule has 0 spiro atoms. The predicted molar refractivity (Wildman–Crippen MR) is 75.9 cm³/mol. The van der Waals surface area contributed by atoms with Gasteiger partial charge in [-0.05, 0) is 25.5 Å². The molecule has 2 heterocycles. The number of hydrogen-bond acceptors (Lipinski definition) is 5. The molecule has 2 N–H and O–H groups in total. The third-order valence-electron chi connectivity index (χ3n) is 3.28. The fourth-order valence-electron chi connectivity index (χ4n) is 2.22. The van der Waals surface area contributed by atoms with Crippen LogP contribution in [-0.4, -0.2) is 49.9 Å². The summed E-state index contributed by atoms with van der Waals surface area (Å²) >= 11 is 0. The second kappa shape index (κ2) is 7.21. The van der Waals surface area contributed by atoms with Crippen molar-refractivity contribution in [2.45, 2.75) is 25.5 Å². The number of pyridine rings is 1. The minimum Gasteiger partial charge on any atom is -0.379 e. The maximum absolute atomic E-state index is 12.3. The van der Waals surface area contributed by atoms with Crippen molar-refractivity contribution < 1.29 is 14.3 Å². The monoisotopic (exact) mass is 279 g/mol. The number of nitrogens with one attached hydrogen (secondary N) is 2. The van der Waals surface area contributed by atoms with Gasteiger partial charge in [-0.15, -0.1) is 0 Å². The number of ether oxygens (including phenoxy) is 2. The first-order valence-corrected chi connectivity index (χ1v) is 6.88. The Kier molecular flexibility index (Phi) is 5.31. The largest absolute Gasteiger partial charge is 0.379 e. The van der Waals surface area contributed by atoms with Crippen molar-refractivity contribution in [1.29, 1.82) is 0 Å². The molecule has 0 aromatic carbocycles. The molecule has 0 bridgehead atoms. The van der Waals surface area contributed by atoms with E-state index in [9.17, 15) is 4.79 Å². The first-order valence-electron chi connectivity index (χ1n) is 6.88. The SMILES string of the molecule is CCO[C@@H]1COCC[C@H]1NC(=O)c1ccnc(NC)c1. The molecule has 1 aromatic rings. The molecule has 6 heteroatoms. The quantitative estimate of drug-likeness (QED) is 0.843. The van der Waals surface area contributed by atoms with Crippen molar-refractivity contribution >= 4 is 11.7 Å². The Balaban J connectivity index is 2.01. The lowest BCUT2D eigenvalue weighted by molar-refractivity contribution is -0.0632. The van der Waals surface area contributed by atoms with Crippen LogP contribution in [0.2, 0.25) is 0 Å². The Bertz CT molecular complexity index is 451. The van der Waals surface area contributed by atoms with E-state index >= 15 is 0 Å². The molecule has 2 atom stereocenters. The second-order valence-corrected chi connectivity index (χ2v) is 4.62. The predicted octanol–water partition coefficient (Wildman–Crippen LogP) is 1.05. The van der Waals surface area contributed by atoms with Crippen LogP contribution >= 0.6 is 0 Å². The number of hydrogen-bond donors (Lipinski definition) is 2. The summed E-state index contributed by atoms with van der Waals surface area (Å²) in [5, 5.41) is 5.94. The van der Waals surface area contributed by atoms with Gasteiger partial charge in [0.05, 0.1) is 12.6 Å². The Morgan fingerprint density at radius 1 is 1.60 bits per heavy atom. The van der Waals surface area contributed by atoms with E-state index in [-0.39, 0.29) is 18.1 Å². The minimum absolute atomic E-state index is 0.0117. The van der Waals surface area contributed by atoms with Gasteiger partial charge in [-0.1, -0.05) is 0 Å². The van der Waals surface area contributed by atoms with Crippen LogP contribution in [0.1, 0.15) is 23.7 Å². The molecule has 1 fully saturated rings. The van der Waals surface area contributed by atoms with Gasteiger partial charge in [0.2, 0.25) is 0 Å². The first-order chi connectivity index (χ1) is 9.74. The van der Waals surface area contributed by atoms with E-state index in [2.05, 4.69) is 15.6 Å². The van der Waals surface area contributed by atoms with Crippen molar-refractivity contribution in [2.24, 2.45) is 0 Å². The first kappa shape index (κ1) is 14.7. The van der Waals surface area contributed by atoms with Crippen molar-refractivity contribution in [3.05, 3.63) is 23.9 Å². The lowest BCUT2D eigenvalue weighted by Crippen LogP contribution is -2.50. The summed E-state index contributed by atoms with van der Waals surface area (Å²) in [6, 6.07) is 3.41. The highest BCUT2D eigenvalue weighted by molar-refractivity contribution is 5.95. The van der Waals surface area contributed by atoms with Gasteiger partial charge in [0.1, 0.15) is 11.9 Å². The molecule has 6 nitrogen and oxygen atoms in total. The number of carbonyl (C=O) groups is 1. The van der Waals surface area contributed by atoms with Gasteiger partial charge in [0.25, 0.3) is 5.91 Å². The molecule has 20 heavy (non-hydrogen) atoms. The third kappa shape index (κ3) is 3.68. The fraction of sp³-hybridized carbons (Fsp3) is 0.571. The average molecular weight is 279 g/mol. The van der Waals surface area contributed by atoms with Gasteiger partial charge >= 0.3 is 0 Å². The molecule has 0 saturated carbocycles. The molecule has 1 amide bonds. The Labute approximate surface area is 118 Å². The third-order valence-corrected chi connectivity index (χ3v) is 3.28. The van der Waals surface area contributed by atoms with E-state index in [0.29, 0.717) is 31.2 Å². The highest BCUT2D eigenvalue weighted by Crippen LogP contribution is 2.13. The van der Waals surface area contributed by atoms with E-state index in [1.165, 1.54) is 0 Å². The normalized spacial score (nSPS) is 22.3. The zero-order chi connectivity index (χ0) is 14.4. The summed E-state index contributed by atoms with van der Waals surface area (Å²) in [5.41, 5.74) is 0.589. The number of amides is 1. The van der Waals surface area contributed by atoms with Gasteiger partial charge in [0, 0.05) is 32.0 Å². The molecule has 110 valence electrons. The highest BCUT2D eigenvalue weighted by Gasteiger charge is 2.27. The lowest BCUT2D eigenvalue weighted by atomic mass is 10.1. The molecule has 1 aliphatic heterocycles. The molecule has 1 saturated heterocycles. The molecule has 2 rings (SSSR count). The van der Waals surface area contributed by atoms with Crippen molar-refractivity contribution in [2.75, 3.05) is 32.2 Å². The zero-order valence-electron chi connectivity index (χ0n) is 11.9. The Morgan fingerprint density at radius 2 is 2.45 bits per heavy atom. The van der Waals surface area contributed by atoms with E-state index in [1.807, 2.05) is 6.92 Å². The summed E-state index contributed by atoms with van der Waals surface area (Å²) in [6.45, 7) is 3.72. The van der Waals surface area contributed by atoms with Crippen LogP contribution in [0, 0.1) is 0 Å². The van der Waals surface area contributed by atoms with E-state index in [0.717, 1.165) is 6.42 Å². The van der Waals surface area contributed by atoms with Crippen molar-refractivity contribution in [3.8, 4) is 0 Å². The maximum atomic E-state index is 12.3. The topological polar surface area (TPSA) is 72.5 Å². The zero-order valence-corrected chi connectivity index (χ0v) is 11.9. The van der Waals surface area contributed by atoms with Crippen LogP contribution < -0.4 is 10.6 Å². The number of carbonyl (C=O) groups excluding carboxylic acids is 1. The lowest BCUT2D eigenvalue weighted by Gasteiger charge is -2.31. The van der Waals surface area contributed by atoms with Gasteiger partial charge < -0.3 is 20.1 Å². The molecule has 1 aromatic heterocycles. The molecule has 0 unspecified atom stereocenters. The number of aromatic nitrogens is 1. The maximum Gasteiger partial charge on any atom is 0.251 e. The van der Waals surface area contributed by atoms with Crippen LogP contribution in [0.4, 0.5) is 5.82 Å². The van der Waals surface area contributed by atoms with E-state index in [4.69, 9.17) is 9.47 Å². The van der Waals surface area contributed by atoms with Crippen molar-refractivity contribution in [1.82, 2.24) is 10.3 Å². The smallest absolute Gasteiger partial charge is 0.251 e. The van der Waals surface area contributed by atoms with Crippen LogP contribution in [0.5, 0.6) is 0 Å². The standard InChI is InChI=1S/C14H21N3O3/c1-3-20-12-9-19-7-5-11(12)17-14(18)10-4-6-16-13(8-10)15-2/h4,6,8,11-12H,3,5,7,9H2,1-2H3,(H,15,16)(H,17,18)/t11-,12-/m1/s1. The molecular formula is C14H21N3O3. The van der Waals surface area contributed by atoms with Gasteiger partial charge in [-0.25, -0.2) is 4.98 Å². The molecule has 0 aliphatic carbocycles. The van der Waals surface area contributed by atoms with Gasteiger partial charge in [-0.2, -0.15) is 0 Å². The van der Waals surface area contributed by atoms with Crippen LogP contribution in [0.15, 0.2) is 18.3 Å². The Hall–Kier alpha value is -1.66. The van der Waals surface area contributed by atoms with Crippen molar-refractivity contribution in [3.63, 3.8) is 0 Å². The molecule has 0 radical (unpaired) electrons. The average Bonchev–Trinajstić information content (AvgIpc) is 2.49. The summed E-state index contributed by atoms with van der Waals surface area (Å²) in [4.78, 5) is 16.4. The van der Waals surface area contributed by atoms with Gasteiger partial charge in [-0.3, -0.25) is 4.79 Å². The van der Waals surface area contributed by atoms with E-state index < -0.39 is 0 Å². The van der Waals surface area contributed by atoms with E-state index in [1.54, 1.807) is 25.4 Å². The second-order valence-electron chi connectivity index (χ2n) is 4.62. The number of nitrogens with zero attached hydrogens (tertiary/aromatic N) is 1. The Morgan fingerprint density at radius 3 is 3.20 bits per heavy atom. The van der Waals surface area contributed by atoms with Gasteiger partial charge in [0.15, 0.2) is 0 Å². The van der Waals surface area contributed by atoms with Crippen LogP contribution in [-0.2, 0) is 9.47 Å². The molecule has 1 aliphatic rings. The molecular weight excluding hydrogens is 258 g/mol. The fourth-order valence-corrected chi connectivity index (χ4v) is 2.22. The summed E-state index contributed by atoms with van der Waals surface area (Å²) in [6.07, 6.45) is 2.30. The number of anilines is 1. The highest BCUT2D eigenvalue weighted by atomic mass is 16.5. The number of rotatable bonds is 5. The summed E-state index contributed by atoms with van der Waals surface area (Å²) in [7, 11) is 1.77. The van der Waals surface area contributed by atoms with Crippen LogP contribution in [0.3, 0.4) is 0 Å². The summed E-state index contributed by atoms with van der Waals surface area (Å²) in [5.74, 6) is 0.562. The minimum atomic E-state index is -0.111.